The molecule has 1 unspecified atom stereocenters. The van der Waals surface area contributed by atoms with Gasteiger partial charge in [-0.15, -0.1) is 0 Å². The van der Waals surface area contributed by atoms with Crippen molar-refractivity contribution in [1.29, 1.82) is 0 Å². The molecule has 0 aliphatic carbocycles. The summed E-state index contributed by atoms with van der Waals surface area (Å²) in [4.78, 5) is 19.4. The van der Waals surface area contributed by atoms with Gasteiger partial charge in [0.2, 0.25) is 5.91 Å². The lowest BCUT2D eigenvalue weighted by Crippen LogP contribution is -2.33. The normalized spacial score (nSPS) is 11.9. The summed E-state index contributed by atoms with van der Waals surface area (Å²) in [6.07, 6.45) is 2.69. The summed E-state index contributed by atoms with van der Waals surface area (Å²) in [5, 5.41) is 5.93. The summed E-state index contributed by atoms with van der Waals surface area (Å²) in [6, 6.07) is 0.207. The molecular weight excluding hydrogens is 298 g/mol. The van der Waals surface area contributed by atoms with E-state index in [1.807, 2.05) is 13.8 Å². The average Bonchev–Trinajstić information content (AvgIpc) is 2.34. The van der Waals surface area contributed by atoms with Crippen LogP contribution in [0.25, 0.3) is 0 Å². The molecule has 0 bridgehead atoms. The van der Waals surface area contributed by atoms with Crippen LogP contribution in [0, 0.1) is 0 Å². The maximum atomic E-state index is 11.5. The Morgan fingerprint density at radius 2 is 2.28 bits per heavy atom. The first-order chi connectivity index (χ1) is 8.54. The van der Waals surface area contributed by atoms with E-state index in [4.69, 9.17) is 5.73 Å². The summed E-state index contributed by atoms with van der Waals surface area (Å²) in [6.45, 7) is 4.51. The molecule has 100 valence electrons. The number of halogens is 1. The highest BCUT2D eigenvalue weighted by molar-refractivity contribution is 9.10. The Hall–Kier alpha value is -1.37. The molecule has 0 spiro atoms. The second-order valence-electron chi connectivity index (χ2n) is 3.98. The molecule has 7 heteroatoms. The molecule has 0 saturated heterocycles. The van der Waals surface area contributed by atoms with Crippen molar-refractivity contribution in [3.8, 4) is 0 Å². The molecule has 0 aliphatic heterocycles. The van der Waals surface area contributed by atoms with E-state index in [1.54, 1.807) is 0 Å². The number of nitrogens with one attached hydrogen (secondary N) is 2. The molecule has 1 amide bonds. The fourth-order valence-corrected chi connectivity index (χ4v) is 1.60. The van der Waals surface area contributed by atoms with Crippen molar-refractivity contribution in [1.82, 2.24) is 15.3 Å². The van der Waals surface area contributed by atoms with Crippen LogP contribution < -0.4 is 16.4 Å². The summed E-state index contributed by atoms with van der Waals surface area (Å²) >= 11 is 3.29. The van der Waals surface area contributed by atoms with Crippen LogP contribution in [0.15, 0.2) is 10.8 Å². The molecule has 0 aromatic carbocycles. The van der Waals surface area contributed by atoms with Crippen molar-refractivity contribution in [2.24, 2.45) is 0 Å². The molecule has 0 saturated carbocycles. The maximum Gasteiger partial charge on any atom is 0.221 e. The van der Waals surface area contributed by atoms with E-state index in [-0.39, 0.29) is 11.9 Å². The molecule has 1 heterocycles. The van der Waals surface area contributed by atoms with Crippen LogP contribution in [-0.2, 0) is 4.79 Å². The van der Waals surface area contributed by atoms with E-state index in [9.17, 15) is 4.79 Å². The monoisotopic (exact) mass is 315 g/mol. The molecule has 1 rings (SSSR count). The van der Waals surface area contributed by atoms with Crippen molar-refractivity contribution in [3.63, 3.8) is 0 Å². The summed E-state index contributed by atoms with van der Waals surface area (Å²) < 4.78 is 0.618. The number of amides is 1. The first-order valence-corrected chi connectivity index (χ1v) is 6.63. The van der Waals surface area contributed by atoms with Gasteiger partial charge in [0.25, 0.3) is 0 Å². The van der Waals surface area contributed by atoms with Gasteiger partial charge < -0.3 is 16.4 Å². The van der Waals surface area contributed by atoms with Gasteiger partial charge in [0.05, 0.1) is 0 Å². The molecule has 4 N–H and O–H groups in total. The fourth-order valence-electron chi connectivity index (χ4n) is 1.25. The molecule has 0 fully saturated rings. The van der Waals surface area contributed by atoms with E-state index < -0.39 is 0 Å². The van der Waals surface area contributed by atoms with Crippen LogP contribution in [0.2, 0.25) is 0 Å². The zero-order valence-electron chi connectivity index (χ0n) is 10.5. The molecule has 1 aromatic rings. The highest BCUT2D eigenvalue weighted by atomic mass is 79.9. The lowest BCUT2D eigenvalue weighted by Gasteiger charge is -2.12. The fraction of sp³-hybridized carbons (Fsp3) is 0.545. The predicted octanol–water partition coefficient (Wildman–Crippen LogP) is 1.54. The minimum atomic E-state index is 0.0231. The molecule has 0 aliphatic rings. The van der Waals surface area contributed by atoms with Crippen molar-refractivity contribution in [2.45, 2.75) is 32.7 Å². The van der Waals surface area contributed by atoms with Crippen LogP contribution in [0.1, 0.15) is 26.7 Å². The van der Waals surface area contributed by atoms with E-state index in [0.29, 0.717) is 29.1 Å². The molecular formula is C11H18BrN5O. The number of carbonyl (C=O) groups excluding carboxylic acids is 1. The Labute approximate surface area is 115 Å². The number of rotatable bonds is 6. The van der Waals surface area contributed by atoms with Gasteiger partial charge in [-0.1, -0.05) is 6.92 Å². The van der Waals surface area contributed by atoms with Gasteiger partial charge in [0, 0.05) is 19.0 Å². The summed E-state index contributed by atoms with van der Waals surface area (Å²) in [5.74, 6) is 0.991. The Bertz CT molecular complexity index is 412. The Morgan fingerprint density at radius 1 is 1.56 bits per heavy atom. The smallest absolute Gasteiger partial charge is 0.221 e. The lowest BCUT2D eigenvalue weighted by molar-refractivity contribution is -0.121. The number of hydrogen-bond acceptors (Lipinski definition) is 5. The van der Waals surface area contributed by atoms with Gasteiger partial charge in [-0.3, -0.25) is 4.79 Å². The third-order valence-corrected chi connectivity index (χ3v) is 3.26. The second kappa shape index (κ2) is 7.15. The van der Waals surface area contributed by atoms with E-state index >= 15 is 0 Å². The third-order valence-electron chi connectivity index (χ3n) is 2.48. The second-order valence-corrected chi connectivity index (χ2v) is 4.77. The largest absolute Gasteiger partial charge is 0.383 e. The van der Waals surface area contributed by atoms with E-state index in [1.165, 1.54) is 6.33 Å². The highest BCUT2D eigenvalue weighted by Gasteiger charge is 2.07. The predicted molar refractivity (Wildman–Crippen MR) is 75.1 cm³/mol. The van der Waals surface area contributed by atoms with E-state index in [0.717, 1.165) is 6.42 Å². The van der Waals surface area contributed by atoms with Crippen LogP contribution in [0.3, 0.4) is 0 Å². The number of anilines is 2. The van der Waals surface area contributed by atoms with Gasteiger partial charge in [-0.05, 0) is 29.3 Å². The number of nitrogens with zero attached hydrogens (tertiary/aromatic N) is 2. The Balaban J connectivity index is 2.38. The van der Waals surface area contributed by atoms with Crippen LogP contribution in [-0.4, -0.2) is 28.5 Å². The molecule has 0 radical (unpaired) electrons. The third kappa shape index (κ3) is 4.48. The molecule has 6 nitrogen and oxygen atoms in total. The van der Waals surface area contributed by atoms with Gasteiger partial charge in [0.15, 0.2) is 0 Å². The van der Waals surface area contributed by atoms with Gasteiger partial charge in [-0.2, -0.15) is 0 Å². The quantitative estimate of drug-likeness (QED) is 0.740. The van der Waals surface area contributed by atoms with Gasteiger partial charge >= 0.3 is 0 Å². The number of carbonyl (C=O) groups is 1. The number of aromatic nitrogens is 2. The zero-order valence-corrected chi connectivity index (χ0v) is 12.1. The topological polar surface area (TPSA) is 92.9 Å². The standard InChI is InChI=1S/C11H18BrN5O/c1-3-7(2)17-8(18)4-5-14-11-9(12)10(13)15-6-16-11/h6-7H,3-5H2,1-2H3,(H,17,18)(H3,13,14,15,16). The van der Waals surface area contributed by atoms with Crippen LogP contribution in [0.5, 0.6) is 0 Å². The SMILES string of the molecule is CCC(C)NC(=O)CCNc1ncnc(N)c1Br. The van der Waals surface area contributed by atoms with Crippen molar-refractivity contribution in [3.05, 3.63) is 10.8 Å². The van der Waals surface area contributed by atoms with Gasteiger partial charge in [0.1, 0.15) is 22.4 Å². The molecule has 1 atom stereocenters. The number of nitrogen functional groups attached to an aromatic ring is 1. The molecule has 18 heavy (non-hydrogen) atoms. The highest BCUT2D eigenvalue weighted by Crippen LogP contribution is 2.23. The molecule has 1 aromatic heterocycles. The minimum absolute atomic E-state index is 0.0231. The first-order valence-electron chi connectivity index (χ1n) is 5.83. The van der Waals surface area contributed by atoms with Crippen molar-refractivity contribution in [2.75, 3.05) is 17.6 Å². The van der Waals surface area contributed by atoms with Crippen molar-refractivity contribution < 1.29 is 4.79 Å². The summed E-state index contributed by atoms with van der Waals surface area (Å²) in [5.41, 5.74) is 5.62. The van der Waals surface area contributed by atoms with Crippen LogP contribution >= 0.6 is 15.9 Å². The Morgan fingerprint density at radius 3 is 2.94 bits per heavy atom. The number of hydrogen-bond donors (Lipinski definition) is 3. The van der Waals surface area contributed by atoms with Crippen LogP contribution in [0.4, 0.5) is 11.6 Å². The van der Waals surface area contributed by atoms with E-state index in [2.05, 4.69) is 36.5 Å². The zero-order chi connectivity index (χ0) is 13.5. The number of nitrogens with two attached hydrogens (primary N) is 1. The maximum absolute atomic E-state index is 11.5. The lowest BCUT2D eigenvalue weighted by atomic mass is 10.2. The average molecular weight is 316 g/mol. The van der Waals surface area contributed by atoms with Crippen molar-refractivity contribution >= 4 is 33.5 Å². The Kier molecular flexibility index (Phi) is 5.84. The first kappa shape index (κ1) is 14.7. The summed E-state index contributed by atoms with van der Waals surface area (Å²) in [7, 11) is 0. The van der Waals surface area contributed by atoms with Gasteiger partial charge in [-0.25, -0.2) is 9.97 Å². The minimum Gasteiger partial charge on any atom is -0.383 e.